The van der Waals surface area contributed by atoms with Crippen LogP contribution >= 0.6 is 0 Å². The van der Waals surface area contributed by atoms with Crippen molar-refractivity contribution in [2.45, 2.75) is 33.3 Å². The van der Waals surface area contributed by atoms with Gasteiger partial charge in [-0.3, -0.25) is 0 Å². The molecule has 0 spiro atoms. The summed E-state index contributed by atoms with van der Waals surface area (Å²) in [7, 11) is 0. The van der Waals surface area contributed by atoms with Crippen molar-refractivity contribution < 1.29 is 19.4 Å². The van der Waals surface area contributed by atoms with Gasteiger partial charge in [0.25, 0.3) is 0 Å². The van der Waals surface area contributed by atoms with E-state index >= 15 is 0 Å². The minimum atomic E-state index is -0.992. The van der Waals surface area contributed by atoms with Gasteiger partial charge in [-0.15, -0.1) is 0 Å². The van der Waals surface area contributed by atoms with Gasteiger partial charge in [0.05, 0.1) is 6.61 Å². The fourth-order valence-corrected chi connectivity index (χ4v) is 2.65. The molecular formula is C25H28O4. The molecule has 4 nitrogen and oxygen atoms in total. The number of benzene rings is 3. The van der Waals surface area contributed by atoms with E-state index in [2.05, 4.69) is 36.4 Å². The number of rotatable bonds is 8. The van der Waals surface area contributed by atoms with Crippen LogP contribution in [0.25, 0.3) is 11.1 Å². The van der Waals surface area contributed by atoms with Crippen molar-refractivity contribution in [3.8, 4) is 22.6 Å². The van der Waals surface area contributed by atoms with Gasteiger partial charge in [-0.1, -0.05) is 68.4 Å². The highest BCUT2D eigenvalue weighted by molar-refractivity contribution is 5.72. The number of ether oxygens (including phenoxy) is 2. The highest BCUT2D eigenvalue weighted by atomic mass is 16.5. The standard InChI is InChI=1S/C23H22O4.C2H6/c1-17(23(24)25)27-22-13-11-21(12-14-22)26-16-15-18-7-9-20(10-8-18)19-5-3-2-4-6-19;1-2/h2-14,17H,15-16H2,1H3,(H,24,25);1-2H3. The maximum atomic E-state index is 10.8. The Morgan fingerprint density at radius 3 is 1.97 bits per heavy atom. The normalized spacial score (nSPS) is 11.0. The second kappa shape index (κ2) is 11.5. The van der Waals surface area contributed by atoms with Crippen LogP contribution in [0.3, 0.4) is 0 Å². The highest BCUT2D eigenvalue weighted by Crippen LogP contribution is 2.21. The van der Waals surface area contributed by atoms with Crippen LogP contribution < -0.4 is 9.47 Å². The van der Waals surface area contributed by atoms with Crippen LogP contribution in [0.5, 0.6) is 11.5 Å². The molecule has 1 unspecified atom stereocenters. The molecule has 1 N–H and O–H groups in total. The number of aliphatic carboxylic acids is 1. The van der Waals surface area contributed by atoms with Crippen molar-refractivity contribution in [3.05, 3.63) is 84.4 Å². The van der Waals surface area contributed by atoms with E-state index in [1.54, 1.807) is 24.3 Å². The largest absolute Gasteiger partial charge is 0.493 e. The van der Waals surface area contributed by atoms with E-state index in [1.165, 1.54) is 23.6 Å². The highest BCUT2D eigenvalue weighted by Gasteiger charge is 2.12. The molecular weight excluding hydrogens is 364 g/mol. The summed E-state index contributed by atoms with van der Waals surface area (Å²) < 4.78 is 11.1. The third kappa shape index (κ3) is 7.00. The number of carboxylic acids is 1. The van der Waals surface area contributed by atoms with Crippen LogP contribution in [0.2, 0.25) is 0 Å². The van der Waals surface area contributed by atoms with Crippen LogP contribution in [-0.2, 0) is 11.2 Å². The Morgan fingerprint density at radius 1 is 0.828 bits per heavy atom. The fourth-order valence-electron chi connectivity index (χ4n) is 2.65. The topological polar surface area (TPSA) is 55.8 Å². The molecule has 0 bridgehead atoms. The second-order valence-corrected chi connectivity index (χ2v) is 6.23. The van der Waals surface area contributed by atoms with Crippen LogP contribution in [0.4, 0.5) is 0 Å². The summed E-state index contributed by atoms with van der Waals surface area (Å²) in [5.41, 5.74) is 3.62. The molecule has 0 aliphatic carbocycles. The Labute approximate surface area is 172 Å². The molecule has 0 fully saturated rings. The minimum absolute atomic E-state index is 0.508. The van der Waals surface area contributed by atoms with Gasteiger partial charge >= 0.3 is 5.97 Å². The summed E-state index contributed by atoms with van der Waals surface area (Å²) in [6.07, 6.45) is -0.0702. The lowest BCUT2D eigenvalue weighted by atomic mass is 10.0. The predicted molar refractivity (Wildman–Crippen MR) is 117 cm³/mol. The summed E-state index contributed by atoms with van der Waals surface area (Å²) in [5.74, 6) is 0.244. The average Bonchev–Trinajstić information content (AvgIpc) is 2.77. The third-order valence-corrected chi connectivity index (χ3v) is 4.20. The zero-order valence-electron chi connectivity index (χ0n) is 17.2. The molecule has 0 aromatic heterocycles. The quantitative estimate of drug-likeness (QED) is 0.522. The molecule has 0 heterocycles. The molecule has 0 saturated heterocycles. The van der Waals surface area contributed by atoms with Crippen LogP contribution in [0, 0.1) is 0 Å². The summed E-state index contributed by atoms with van der Waals surface area (Å²) in [6, 6.07) is 25.8. The SMILES string of the molecule is CC.CC(Oc1ccc(OCCc2ccc(-c3ccccc3)cc2)cc1)C(=O)O. The van der Waals surface area contributed by atoms with Gasteiger partial charge in [-0.2, -0.15) is 0 Å². The van der Waals surface area contributed by atoms with Crippen molar-refractivity contribution >= 4 is 5.97 Å². The molecule has 0 aliphatic heterocycles. The van der Waals surface area contributed by atoms with Crippen molar-refractivity contribution in [3.63, 3.8) is 0 Å². The first kappa shape index (κ1) is 22.0. The van der Waals surface area contributed by atoms with E-state index in [-0.39, 0.29) is 0 Å². The predicted octanol–water partition coefficient (Wildman–Crippen LogP) is 5.85. The lowest BCUT2D eigenvalue weighted by Crippen LogP contribution is -2.22. The number of hydrogen-bond donors (Lipinski definition) is 1. The van der Waals surface area contributed by atoms with E-state index in [4.69, 9.17) is 14.6 Å². The monoisotopic (exact) mass is 392 g/mol. The minimum Gasteiger partial charge on any atom is -0.493 e. The Kier molecular flexibility index (Phi) is 8.77. The van der Waals surface area contributed by atoms with Crippen molar-refractivity contribution in [1.29, 1.82) is 0 Å². The average molecular weight is 392 g/mol. The molecule has 0 aliphatic rings. The molecule has 0 radical (unpaired) electrons. The van der Waals surface area contributed by atoms with E-state index in [1.807, 2.05) is 32.0 Å². The fraction of sp³-hybridized carbons (Fsp3) is 0.240. The van der Waals surface area contributed by atoms with Gasteiger partial charge in [-0.25, -0.2) is 4.79 Å². The Bertz CT molecular complexity index is 856. The Hall–Kier alpha value is -3.27. The zero-order chi connectivity index (χ0) is 21.1. The molecule has 0 amide bonds. The van der Waals surface area contributed by atoms with Crippen LogP contribution in [0.15, 0.2) is 78.9 Å². The van der Waals surface area contributed by atoms with Gasteiger partial charge in [0, 0.05) is 6.42 Å². The molecule has 0 saturated carbocycles. The first-order valence-electron chi connectivity index (χ1n) is 9.88. The number of hydrogen-bond acceptors (Lipinski definition) is 3. The van der Waals surface area contributed by atoms with Gasteiger partial charge in [0.15, 0.2) is 6.10 Å². The molecule has 1 atom stereocenters. The van der Waals surface area contributed by atoms with Crippen LogP contribution in [0.1, 0.15) is 26.3 Å². The molecule has 3 aromatic rings. The maximum Gasteiger partial charge on any atom is 0.344 e. The molecule has 29 heavy (non-hydrogen) atoms. The lowest BCUT2D eigenvalue weighted by molar-refractivity contribution is -0.144. The van der Waals surface area contributed by atoms with E-state index in [0.29, 0.717) is 12.4 Å². The summed E-state index contributed by atoms with van der Waals surface area (Å²) in [6.45, 7) is 6.06. The second-order valence-electron chi connectivity index (χ2n) is 6.23. The molecule has 3 aromatic carbocycles. The molecule has 4 heteroatoms. The van der Waals surface area contributed by atoms with Gasteiger partial charge in [-0.05, 0) is 47.9 Å². The van der Waals surface area contributed by atoms with Gasteiger partial charge < -0.3 is 14.6 Å². The summed E-state index contributed by atoms with van der Waals surface area (Å²) in [5, 5.41) is 8.85. The first-order valence-corrected chi connectivity index (χ1v) is 9.88. The van der Waals surface area contributed by atoms with Gasteiger partial charge in [0.1, 0.15) is 11.5 Å². The Balaban J connectivity index is 0.00000145. The van der Waals surface area contributed by atoms with Gasteiger partial charge in [0.2, 0.25) is 0 Å². The smallest absolute Gasteiger partial charge is 0.344 e. The number of carbonyl (C=O) groups is 1. The molecule has 3 rings (SSSR count). The van der Waals surface area contributed by atoms with E-state index in [0.717, 1.165) is 12.2 Å². The number of carboxylic acid groups (broad SMARTS) is 1. The van der Waals surface area contributed by atoms with Crippen molar-refractivity contribution in [2.75, 3.05) is 6.61 Å². The third-order valence-electron chi connectivity index (χ3n) is 4.20. The van der Waals surface area contributed by atoms with Crippen molar-refractivity contribution in [1.82, 2.24) is 0 Å². The zero-order valence-corrected chi connectivity index (χ0v) is 17.2. The summed E-state index contributed by atoms with van der Waals surface area (Å²) in [4.78, 5) is 10.8. The first-order chi connectivity index (χ1) is 14.1. The van der Waals surface area contributed by atoms with Crippen molar-refractivity contribution in [2.24, 2.45) is 0 Å². The van der Waals surface area contributed by atoms with Crippen LogP contribution in [-0.4, -0.2) is 23.8 Å². The summed E-state index contributed by atoms with van der Waals surface area (Å²) >= 11 is 0. The van der Waals surface area contributed by atoms with E-state index in [9.17, 15) is 4.79 Å². The maximum absolute atomic E-state index is 10.8. The molecule has 152 valence electrons. The lowest BCUT2D eigenvalue weighted by Gasteiger charge is -2.11. The Morgan fingerprint density at radius 2 is 1.38 bits per heavy atom. The van der Waals surface area contributed by atoms with E-state index < -0.39 is 12.1 Å².